The van der Waals surface area contributed by atoms with Gasteiger partial charge in [0.05, 0.1) is 7.11 Å². The fraction of sp³-hybridized carbons (Fsp3) is 0.314. The van der Waals surface area contributed by atoms with Crippen LogP contribution >= 0.6 is 7.92 Å². The molecule has 198 valence electrons. The van der Waals surface area contributed by atoms with Crippen molar-refractivity contribution in [2.75, 3.05) is 19.1 Å². The Morgan fingerprint density at radius 2 is 1.21 bits per heavy atom. The minimum absolute atomic E-state index is 0.0211. The van der Waals surface area contributed by atoms with Gasteiger partial charge in [-0.2, -0.15) is 0 Å². The molecular weight excluding hydrogens is 481 g/mol. The van der Waals surface area contributed by atoms with Crippen molar-refractivity contribution in [2.24, 2.45) is 0 Å². The van der Waals surface area contributed by atoms with E-state index < -0.39 is 7.92 Å². The molecule has 4 aromatic carbocycles. The summed E-state index contributed by atoms with van der Waals surface area (Å²) in [5.74, 6) is 1.00. The van der Waals surface area contributed by atoms with Crippen molar-refractivity contribution < 1.29 is 4.74 Å². The van der Waals surface area contributed by atoms with Gasteiger partial charge in [-0.1, -0.05) is 126 Å². The highest BCUT2D eigenvalue weighted by molar-refractivity contribution is 7.80. The molecule has 4 aromatic rings. The largest absolute Gasteiger partial charge is 0.496 e. The van der Waals surface area contributed by atoms with Crippen molar-refractivity contribution in [3.8, 4) is 5.75 Å². The van der Waals surface area contributed by atoms with Gasteiger partial charge in [0.1, 0.15) is 5.75 Å². The summed E-state index contributed by atoms with van der Waals surface area (Å²) in [5.41, 5.74) is 5.12. The van der Waals surface area contributed by atoms with Crippen LogP contribution in [-0.4, -0.2) is 14.2 Å². The van der Waals surface area contributed by atoms with Crippen LogP contribution in [0.1, 0.15) is 58.2 Å². The number of benzene rings is 4. The van der Waals surface area contributed by atoms with Gasteiger partial charge in [0, 0.05) is 35.7 Å². The summed E-state index contributed by atoms with van der Waals surface area (Å²) in [7, 11) is 3.31. The quantitative estimate of drug-likeness (QED) is 0.230. The molecule has 38 heavy (non-hydrogen) atoms. The maximum atomic E-state index is 6.10. The molecule has 4 rings (SSSR count). The van der Waals surface area contributed by atoms with E-state index >= 15 is 0 Å². The van der Waals surface area contributed by atoms with Crippen LogP contribution in [0.4, 0.5) is 5.69 Å². The van der Waals surface area contributed by atoms with E-state index in [1.165, 1.54) is 38.3 Å². The second-order valence-electron chi connectivity index (χ2n) is 12.1. The van der Waals surface area contributed by atoms with Crippen molar-refractivity contribution >= 4 is 29.5 Å². The monoisotopic (exact) mass is 523 g/mol. The van der Waals surface area contributed by atoms with Crippen molar-refractivity contribution in [2.45, 2.75) is 58.9 Å². The SMILES string of the molecule is COc1c(CN(C)c2ccccc2P(c2ccccc2)c2ccccc2)cc(C(C)(C)C)cc1C(C)(C)C. The summed E-state index contributed by atoms with van der Waals surface area (Å²) >= 11 is 0. The van der Waals surface area contributed by atoms with Crippen LogP contribution in [-0.2, 0) is 17.4 Å². The van der Waals surface area contributed by atoms with Crippen LogP contribution in [0.3, 0.4) is 0 Å². The average Bonchev–Trinajstić information content (AvgIpc) is 2.89. The van der Waals surface area contributed by atoms with Gasteiger partial charge in [-0.15, -0.1) is 0 Å². The van der Waals surface area contributed by atoms with Crippen molar-refractivity contribution in [1.29, 1.82) is 0 Å². The van der Waals surface area contributed by atoms with Crippen LogP contribution < -0.4 is 25.6 Å². The van der Waals surface area contributed by atoms with E-state index in [1.54, 1.807) is 0 Å². The second-order valence-corrected chi connectivity index (χ2v) is 14.3. The topological polar surface area (TPSA) is 12.5 Å². The molecular formula is C35H42NOP. The first-order valence-corrected chi connectivity index (χ1v) is 14.8. The predicted molar refractivity (Wildman–Crippen MR) is 168 cm³/mol. The molecule has 0 amide bonds. The second kappa shape index (κ2) is 11.3. The fourth-order valence-electron chi connectivity index (χ4n) is 4.94. The normalized spacial score (nSPS) is 12.0. The zero-order valence-corrected chi connectivity index (χ0v) is 25.1. The maximum absolute atomic E-state index is 6.10. The molecule has 0 aliphatic rings. The van der Waals surface area contributed by atoms with Crippen molar-refractivity contribution in [3.05, 3.63) is 114 Å². The number of ether oxygens (including phenoxy) is 1. The number of anilines is 1. The Morgan fingerprint density at radius 3 is 1.71 bits per heavy atom. The smallest absolute Gasteiger partial charge is 0.127 e. The third kappa shape index (κ3) is 6.13. The Hall–Kier alpha value is -3.09. The van der Waals surface area contributed by atoms with E-state index in [1.807, 2.05) is 7.11 Å². The summed E-state index contributed by atoms with van der Waals surface area (Å²) < 4.78 is 6.10. The van der Waals surface area contributed by atoms with Gasteiger partial charge in [-0.3, -0.25) is 0 Å². The first-order chi connectivity index (χ1) is 18.0. The van der Waals surface area contributed by atoms with Crippen LogP contribution in [0.2, 0.25) is 0 Å². The fourth-order valence-corrected chi connectivity index (χ4v) is 7.44. The molecule has 0 heterocycles. The zero-order valence-electron chi connectivity index (χ0n) is 24.2. The number of hydrogen-bond donors (Lipinski definition) is 0. The Balaban J connectivity index is 1.83. The summed E-state index contributed by atoms with van der Waals surface area (Å²) in [6, 6.07) is 35.5. The number of methoxy groups -OCH3 is 1. The van der Waals surface area contributed by atoms with Crippen molar-refractivity contribution in [1.82, 2.24) is 0 Å². The van der Waals surface area contributed by atoms with Gasteiger partial charge in [-0.05, 0) is 47.1 Å². The molecule has 0 unspecified atom stereocenters. The van der Waals surface area contributed by atoms with E-state index in [-0.39, 0.29) is 10.8 Å². The highest BCUT2D eigenvalue weighted by atomic mass is 31.1. The van der Waals surface area contributed by atoms with E-state index in [0.717, 1.165) is 12.3 Å². The van der Waals surface area contributed by atoms with Gasteiger partial charge in [0.15, 0.2) is 0 Å². The Morgan fingerprint density at radius 1 is 0.684 bits per heavy atom. The minimum atomic E-state index is -0.708. The molecule has 0 bridgehead atoms. The van der Waals surface area contributed by atoms with Gasteiger partial charge < -0.3 is 9.64 Å². The van der Waals surface area contributed by atoms with Crippen LogP contribution in [0.5, 0.6) is 5.75 Å². The van der Waals surface area contributed by atoms with Gasteiger partial charge in [-0.25, -0.2) is 0 Å². The summed E-state index contributed by atoms with van der Waals surface area (Å²) in [6.45, 7) is 14.4. The molecule has 0 aromatic heterocycles. The molecule has 0 N–H and O–H groups in total. The molecule has 0 atom stereocenters. The Labute approximate surface area is 231 Å². The molecule has 0 aliphatic carbocycles. The lowest BCUT2D eigenvalue weighted by Crippen LogP contribution is -2.28. The lowest BCUT2D eigenvalue weighted by Gasteiger charge is -2.31. The molecule has 0 saturated carbocycles. The third-order valence-electron chi connectivity index (χ3n) is 7.01. The maximum Gasteiger partial charge on any atom is 0.127 e. The summed E-state index contributed by atoms with van der Waals surface area (Å²) in [6.07, 6.45) is 0. The van der Waals surface area contributed by atoms with E-state index in [4.69, 9.17) is 4.74 Å². The van der Waals surface area contributed by atoms with Gasteiger partial charge in [0.25, 0.3) is 0 Å². The summed E-state index contributed by atoms with van der Waals surface area (Å²) in [5, 5.41) is 4.08. The molecule has 3 heteroatoms. The number of hydrogen-bond acceptors (Lipinski definition) is 2. The highest BCUT2D eigenvalue weighted by Crippen LogP contribution is 2.40. The Kier molecular flexibility index (Phi) is 8.34. The van der Waals surface area contributed by atoms with E-state index in [9.17, 15) is 0 Å². The Bertz CT molecular complexity index is 1310. The first kappa shape index (κ1) is 27.9. The van der Waals surface area contributed by atoms with E-state index in [2.05, 4.69) is 151 Å². The molecule has 2 nitrogen and oxygen atoms in total. The van der Waals surface area contributed by atoms with Crippen molar-refractivity contribution in [3.63, 3.8) is 0 Å². The molecule has 0 fully saturated rings. The number of para-hydroxylation sites is 1. The van der Waals surface area contributed by atoms with Gasteiger partial charge in [0.2, 0.25) is 0 Å². The number of nitrogens with zero attached hydrogens (tertiary/aromatic N) is 1. The molecule has 0 saturated heterocycles. The minimum Gasteiger partial charge on any atom is -0.496 e. The standard InChI is InChI=1S/C35H42NOP/c1-34(2,3)27-23-26(33(37-8)30(24-27)35(4,5)6)25-36(7)31-21-15-16-22-32(31)38(28-17-11-9-12-18-28)29-19-13-10-14-20-29/h9-24H,25H2,1-8H3. The van der Waals surface area contributed by atoms with Crippen LogP contribution in [0.15, 0.2) is 97.1 Å². The highest BCUT2D eigenvalue weighted by Gasteiger charge is 2.27. The summed E-state index contributed by atoms with van der Waals surface area (Å²) in [4.78, 5) is 2.40. The molecule has 0 aliphatic heterocycles. The third-order valence-corrected chi connectivity index (χ3v) is 9.50. The average molecular weight is 524 g/mol. The van der Waals surface area contributed by atoms with Crippen LogP contribution in [0, 0.1) is 0 Å². The number of rotatable bonds is 7. The zero-order chi connectivity index (χ0) is 27.5. The van der Waals surface area contributed by atoms with Gasteiger partial charge >= 0.3 is 0 Å². The van der Waals surface area contributed by atoms with E-state index in [0.29, 0.717) is 0 Å². The molecule has 0 spiro atoms. The lowest BCUT2D eigenvalue weighted by molar-refractivity contribution is 0.391. The van der Waals surface area contributed by atoms with Crippen LogP contribution in [0.25, 0.3) is 0 Å². The predicted octanol–water partition coefficient (Wildman–Crippen LogP) is 7.68. The first-order valence-electron chi connectivity index (χ1n) is 13.4. The molecule has 0 radical (unpaired) electrons. The lowest BCUT2D eigenvalue weighted by atomic mass is 9.79.